The van der Waals surface area contributed by atoms with Crippen LogP contribution in [0, 0.1) is 35.3 Å². The molecule has 0 atom stereocenters. The third kappa shape index (κ3) is 5.58. The number of ether oxygens (including phenoxy) is 1. The van der Waals surface area contributed by atoms with Crippen molar-refractivity contribution in [3.05, 3.63) is 99.1 Å². The normalized spacial score (nSPS) is 10.8. The number of hydrogen-bond acceptors (Lipinski definition) is 5. The number of nitro groups is 1. The molecule has 0 spiro atoms. The van der Waals surface area contributed by atoms with E-state index in [9.17, 15) is 20.2 Å². The highest BCUT2D eigenvalue weighted by molar-refractivity contribution is 5.93. The lowest BCUT2D eigenvalue weighted by molar-refractivity contribution is -0.384. The molecule has 0 aliphatic heterocycles. The zero-order valence-corrected chi connectivity index (χ0v) is 17.7. The Morgan fingerprint density at radius 3 is 2.53 bits per heavy atom. The molecule has 0 unspecified atom stereocenters. The van der Waals surface area contributed by atoms with E-state index in [-0.39, 0.29) is 18.2 Å². The van der Waals surface area contributed by atoms with Crippen molar-refractivity contribution in [2.45, 2.75) is 13.8 Å². The van der Waals surface area contributed by atoms with Gasteiger partial charge in [-0.25, -0.2) is 0 Å². The maximum atomic E-state index is 12.3. The van der Waals surface area contributed by atoms with E-state index in [1.54, 1.807) is 30.3 Å². The van der Waals surface area contributed by atoms with Gasteiger partial charge in [0.2, 0.25) is 0 Å². The van der Waals surface area contributed by atoms with Crippen molar-refractivity contribution < 1.29 is 14.5 Å². The van der Waals surface area contributed by atoms with Gasteiger partial charge < -0.3 is 10.1 Å². The topological polar surface area (TPSA) is 105 Å². The molecular formula is C25H21N3O4. The Labute approximate surface area is 185 Å². The van der Waals surface area contributed by atoms with Gasteiger partial charge in [0.15, 0.2) is 6.61 Å². The molecule has 0 aliphatic rings. The van der Waals surface area contributed by atoms with Crippen molar-refractivity contribution in [1.82, 2.24) is 0 Å². The minimum Gasteiger partial charge on any atom is -0.484 e. The number of amides is 1. The van der Waals surface area contributed by atoms with E-state index in [2.05, 4.69) is 11.4 Å². The quantitative estimate of drug-likeness (QED) is 0.239. The fourth-order valence-corrected chi connectivity index (χ4v) is 3.03. The van der Waals surface area contributed by atoms with Crippen LogP contribution in [0.1, 0.15) is 22.3 Å². The average molecular weight is 427 g/mol. The first-order valence-corrected chi connectivity index (χ1v) is 9.83. The third-order valence-corrected chi connectivity index (χ3v) is 4.93. The van der Waals surface area contributed by atoms with E-state index in [1.807, 2.05) is 32.0 Å². The Morgan fingerprint density at radius 2 is 1.84 bits per heavy atom. The van der Waals surface area contributed by atoms with Crippen molar-refractivity contribution in [2.24, 2.45) is 0 Å². The fourth-order valence-electron chi connectivity index (χ4n) is 3.03. The van der Waals surface area contributed by atoms with Crippen LogP contribution in [0.25, 0.3) is 11.6 Å². The molecule has 3 aromatic carbocycles. The zero-order valence-electron chi connectivity index (χ0n) is 17.7. The summed E-state index contributed by atoms with van der Waals surface area (Å²) in [5.41, 5.74) is 4.42. The highest BCUT2D eigenvalue weighted by Gasteiger charge is 2.09. The number of hydrogen-bond donors (Lipinski definition) is 1. The molecule has 32 heavy (non-hydrogen) atoms. The second-order valence-corrected chi connectivity index (χ2v) is 7.13. The van der Waals surface area contributed by atoms with Gasteiger partial charge in [0, 0.05) is 17.8 Å². The van der Waals surface area contributed by atoms with Crippen LogP contribution in [0.3, 0.4) is 0 Å². The van der Waals surface area contributed by atoms with Gasteiger partial charge in [-0.3, -0.25) is 14.9 Å². The summed E-state index contributed by atoms with van der Waals surface area (Å²) in [6.07, 6.45) is 1.66. The van der Waals surface area contributed by atoms with E-state index >= 15 is 0 Å². The highest BCUT2D eigenvalue weighted by atomic mass is 16.6. The van der Waals surface area contributed by atoms with Crippen molar-refractivity contribution in [2.75, 3.05) is 11.9 Å². The van der Waals surface area contributed by atoms with E-state index in [4.69, 9.17) is 4.74 Å². The van der Waals surface area contributed by atoms with Gasteiger partial charge in [0.05, 0.1) is 16.6 Å². The van der Waals surface area contributed by atoms with Crippen molar-refractivity contribution in [3.8, 4) is 11.8 Å². The van der Waals surface area contributed by atoms with Crippen molar-refractivity contribution >= 4 is 28.9 Å². The predicted octanol–water partition coefficient (Wildman–Crippen LogP) is 5.29. The number of nitrogens with one attached hydrogen (secondary N) is 1. The molecule has 0 fully saturated rings. The minimum atomic E-state index is -0.489. The molecule has 0 aliphatic carbocycles. The minimum absolute atomic E-state index is 0.0411. The van der Waals surface area contributed by atoms with Gasteiger partial charge in [0.1, 0.15) is 5.75 Å². The van der Waals surface area contributed by atoms with Crippen molar-refractivity contribution in [3.63, 3.8) is 0 Å². The van der Waals surface area contributed by atoms with Gasteiger partial charge in [-0.2, -0.15) is 5.26 Å². The first kappa shape index (κ1) is 22.2. The Bertz CT molecular complexity index is 1220. The van der Waals surface area contributed by atoms with E-state index < -0.39 is 4.92 Å². The largest absolute Gasteiger partial charge is 0.484 e. The number of rotatable bonds is 7. The van der Waals surface area contributed by atoms with E-state index in [0.29, 0.717) is 22.4 Å². The smallest absolute Gasteiger partial charge is 0.269 e. The summed E-state index contributed by atoms with van der Waals surface area (Å²) in [6, 6.07) is 20.6. The second kappa shape index (κ2) is 10.0. The monoisotopic (exact) mass is 427 g/mol. The molecule has 0 aromatic heterocycles. The molecular weight excluding hydrogens is 406 g/mol. The maximum Gasteiger partial charge on any atom is 0.269 e. The highest BCUT2D eigenvalue weighted by Crippen LogP contribution is 2.23. The van der Waals surface area contributed by atoms with Crippen LogP contribution in [-0.2, 0) is 4.79 Å². The molecule has 7 heteroatoms. The molecule has 0 saturated heterocycles. The average Bonchev–Trinajstić information content (AvgIpc) is 2.79. The van der Waals surface area contributed by atoms with Gasteiger partial charge in [-0.15, -0.1) is 0 Å². The number of nitrogens with zero attached hydrogens (tertiary/aromatic N) is 2. The second-order valence-electron chi connectivity index (χ2n) is 7.13. The maximum absolute atomic E-state index is 12.3. The summed E-state index contributed by atoms with van der Waals surface area (Å²) in [6.45, 7) is 3.76. The Morgan fingerprint density at radius 1 is 1.12 bits per heavy atom. The number of carbonyl (C=O) groups excluding carboxylic acids is 1. The number of anilines is 1. The van der Waals surface area contributed by atoms with Crippen LogP contribution in [0.2, 0.25) is 0 Å². The predicted molar refractivity (Wildman–Crippen MR) is 123 cm³/mol. The third-order valence-electron chi connectivity index (χ3n) is 4.93. The number of carbonyl (C=O) groups is 1. The van der Waals surface area contributed by atoms with Crippen LogP contribution in [0.4, 0.5) is 11.4 Å². The number of benzene rings is 3. The molecule has 0 saturated carbocycles. The van der Waals surface area contributed by atoms with Crippen LogP contribution < -0.4 is 10.1 Å². The first-order valence-electron chi connectivity index (χ1n) is 9.83. The summed E-state index contributed by atoms with van der Waals surface area (Å²) >= 11 is 0. The SMILES string of the molecule is Cc1cccc(NC(=O)COc2cccc(/C=C(\C#N)c3ccc([N+](=O)[O-])cc3)c2)c1C. The summed E-state index contributed by atoms with van der Waals surface area (Å²) in [5.74, 6) is 0.207. The number of aryl methyl sites for hydroxylation is 1. The standard InChI is InChI=1S/C25H21N3O4/c1-17-5-3-8-24(18(17)2)27-25(29)16-32-23-7-4-6-19(14-23)13-21(15-26)20-9-11-22(12-10-20)28(30)31/h3-14H,16H2,1-2H3,(H,27,29)/b21-13+. The molecule has 160 valence electrons. The lowest BCUT2D eigenvalue weighted by atomic mass is 10.0. The summed E-state index contributed by atoms with van der Waals surface area (Å²) in [7, 11) is 0. The zero-order chi connectivity index (χ0) is 23.1. The number of allylic oxidation sites excluding steroid dienone is 1. The molecule has 0 radical (unpaired) electrons. The molecule has 1 amide bonds. The van der Waals surface area contributed by atoms with Crippen LogP contribution >= 0.6 is 0 Å². The van der Waals surface area contributed by atoms with Gasteiger partial charge in [-0.1, -0.05) is 24.3 Å². The lowest BCUT2D eigenvalue weighted by Gasteiger charge is -2.11. The van der Waals surface area contributed by atoms with E-state index in [1.165, 1.54) is 24.3 Å². The van der Waals surface area contributed by atoms with Gasteiger partial charge in [-0.05, 0) is 72.5 Å². The number of nitro benzene ring substituents is 1. The van der Waals surface area contributed by atoms with Gasteiger partial charge >= 0.3 is 0 Å². The molecule has 0 heterocycles. The number of non-ortho nitro benzene ring substituents is 1. The van der Waals surface area contributed by atoms with Gasteiger partial charge in [0.25, 0.3) is 11.6 Å². The molecule has 0 bridgehead atoms. The van der Waals surface area contributed by atoms with Crippen LogP contribution in [-0.4, -0.2) is 17.4 Å². The Balaban J connectivity index is 1.69. The summed E-state index contributed by atoms with van der Waals surface area (Å²) < 4.78 is 5.61. The first-order chi connectivity index (χ1) is 15.4. The Hall–Kier alpha value is -4.44. The molecule has 1 N–H and O–H groups in total. The lowest BCUT2D eigenvalue weighted by Crippen LogP contribution is -2.20. The van der Waals surface area contributed by atoms with Crippen LogP contribution in [0.5, 0.6) is 5.75 Å². The molecule has 3 aromatic rings. The molecule has 3 rings (SSSR count). The molecule has 7 nitrogen and oxygen atoms in total. The van der Waals surface area contributed by atoms with Crippen molar-refractivity contribution in [1.29, 1.82) is 5.26 Å². The summed E-state index contributed by atoms with van der Waals surface area (Å²) in [5, 5.41) is 23.2. The summed E-state index contributed by atoms with van der Waals surface area (Å²) in [4.78, 5) is 22.6. The van der Waals surface area contributed by atoms with E-state index in [0.717, 1.165) is 16.8 Å². The Kier molecular flexibility index (Phi) is 6.99. The fraction of sp³-hybridized carbons (Fsp3) is 0.120. The number of nitriles is 1. The van der Waals surface area contributed by atoms with Crippen LogP contribution in [0.15, 0.2) is 66.7 Å².